The molecule has 0 amide bonds. The van der Waals surface area contributed by atoms with E-state index in [1.807, 2.05) is 12.3 Å². The lowest BCUT2D eigenvalue weighted by Gasteiger charge is -1.99. The summed E-state index contributed by atoms with van der Waals surface area (Å²) in [4.78, 5) is 8.25. The molecule has 11 heavy (non-hydrogen) atoms. The molecule has 56 valence electrons. The number of pyridine rings is 1. The first kappa shape index (κ1) is 7.49. The van der Waals surface area contributed by atoms with Gasteiger partial charge in [0.15, 0.2) is 0 Å². The zero-order valence-electron chi connectivity index (χ0n) is 5.51. The van der Waals surface area contributed by atoms with Crippen LogP contribution in [0.25, 0.3) is 0 Å². The largest absolute Gasteiger partial charge is 0.286 e. The molecule has 0 atom stereocenters. The Morgan fingerprint density at radius 1 is 1.55 bits per heavy atom. The lowest BCUT2D eigenvalue weighted by molar-refractivity contribution is 1.02. The minimum atomic E-state index is 0.554. The van der Waals surface area contributed by atoms with Crippen LogP contribution in [0, 0.1) is 3.57 Å². The van der Waals surface area contributed by atoms with Crippen LogP contribution in [0.5, 0.6) is 0 Å². The highest BCUT2D eigenvalue weighted by molar-refractivity contribution is 14.1. The topological polar surface area (TPSA) is 25.2 Å². The van der Waals surface area contributed by atoms with Crippen LogP contribution in [0.2, 0.25) is 5.15 Å². The van der Waals surface area contributed by atoms with Crippen LogP contribution < -0.4 is 0 Å². The molecule has 0 bridgehead atoms. The van der Waals surface area contributed by atoms with Crippen LogP contribution in [0.15, 0.2) is 11.1 Å². The van der Waals surface area contributed by atoms with Crippen molar-refractivity contribution in [3.05, 3.63) is 26.0 Å². The van der Waals surface area contributed by atoms with Gasteiger partial charge in [0.05, 0.1) is 12.2 Å². The Labute approximate surface area is 82.8 Å². The summed E-state index contributed by atoms with van der Waals surface area (Å²) in [6, 6.07) is 1.85. The maximum absolute atomic E-state index is 5.76. The molecule has 0 saturated carbocycles. The van der Waals surface area contributed by atoms with Crippen molar-refractivity contribution in [2.75, 3.05) is 0 Å². The quantitative estimate of drug-likeness (QED) is 0.528. The molecule has 1 aromatic heterocycles. The highest BCUT2D eigenvalue weighted by Gasteiger charge is 2.11. The van der Waals surface area contributed by atoms with Gasteiger partial charge in [-0.3, -0.25) is 4.99 Å². The van der Waals surface area contributed by atoms with Crippen molar-refractivity contribution in [2.45, 2.75) is 6.54 Å². The summed E-state index contributed by atoms with van der Waals surface area (Å²) in [7, 11) is 0. The number of hydrogen-bond acceptors (Lipinski definition) is 2. The number of rotatable bonds is 0. The third-order valence-electron chi connectivity index (χ3n) is 1.52. The van der Waals surface area contributed by atoms with Gasteiger partial charge in [0, 0.05) is 15.3 Å². The van der Waals surface area contributed by atoms with Crippen molar-refractivity contribution >= 4 is 40.4 Å². The van der Waals surface area contributed by atoms with E-state index in [9.17, 15) is 0 Å². The van der Waals surface area contributed by atoms with E-state index in [2.05, 4.69) is 32.6 Å². The van der Waals surface area contributed by atoms with Gasteiger partial charge in [0.1, 0.15) is 5.15 Å². The highest BCUT2D eigenvalue weighted by atomic mass is 127. The molecule has 0 saturated heterocycles. The number of halogens is 2. The van der Waals surface area contributed by atoms with E-state index >= 15 is 0 Å². The summed E-state index contributed by atoms with van der Waals surface area (Å²) in [5.41, 5.74) is 2.11. The molecule has 2 rings (SSSR count). The van der Waals surface area contributed by atoms with Gasteiger partial charge in [-0.1, -0.05) is 11.6 Å². The molecule has 2 heterocycles. The van der Waals surface area contributed by atoms with Crippen molar-refractivity contribution in [1.29, 1.82) is 0 Å². The Hall–Kier alpha value is -0.160. The molecular weight excluding hydrogens is 274 g/mol. The molecule has 0 spiro atoms. The third-order valence-corrected chi connectivity index (χ3v) is 2.60. The predicted octanol–water partition coefficient (Wildman–Crippen LogP) is 2.27. The van der Waals surface area contributed by atoms with E-state index in [4.69, 9.17) is 11.6 Å². The van der Waals surface area contributed by atoms with E-state index in [1.54, 1.807) is 0 Å². The summed E-state index contributed by atoms with van der Waals surface area (Å²) in [5.74, 6) is 0. The summed E-state index contributed by atoms with van der Waals surface area (Å²) in [6.45, 7) is 0.673. The Bertz CT molecular complexity index is 335. The van der Waals surface area contributed by atoms with Gasteiger partial charge in [0.2, 0.25) is 0 Å². The van der Waals surface area contributed by atoms with Gasteiger partial charge in [-0.05, 0) is 28.7 Å². The van der Waals surface area contributed by atoms with Crippen molar-refractivity contribution in [3.63, 3.8) is 0 Å². The van der Waals surface area contributed by atoms with E-state index in [1.165, 1.54) is 0 Å². The molecular formula is C7H4ClIN2. The van der Waals surface area contributed by atoms with E-state index < -0.39 is 0 Å². The molecule has 0 aliphatic carbocycles. The molecule has 0 unspecified atom stereocenters. The van der Waals surface area contributed by atoms with Gasteiger partial charge in [0.25, 0.3) is 0 Å². The van der Waals surface area contributed by atoms with Gasteiger partial charge >= 0.3 is 0 Å². The van der Waals surface area contributed by atoms with Crippen LogP contribution in [0.4, 0.5) is 0 Å². The standard InChI is InChI=1S/C7H4ClIN2/c8-7-1-5(9)4-2-10-3-6(4)11-7/h1-2H,3H2. The van der Waals surface area contributed by atoms with Crippen molar-refractivity contribution in [1.82, 2.24) is 4.98 Å². The fourth-order valence-electron chi connectivity index (χ4n) is 1.02. The fraction of sp³-hybridized carbons (Fsp3) is 0.143. The van der Waals surface area contributed by atoms with Crippen LogP contribution in [0.1, 0.15) is 11.3 Å². The predicted molar refractivity (Wildman–Crippen MR) is 53.3 cm³/mol. The average molecular weight is 278 g/mol. The average Bonchev–Trinajstić information content (AvgIpc) is 2.34. The van der Waals surface area contributed by atoms with Crippen LogP contribution >= 0.6 is 34.2 Å². The number of fused-ring (bicyclic) bond motifs is 1. The molecule has 1 aliphatic heterocycles. The Kier molecular flexibility index (Phi) is 1.85. The molecule has 1 aliphatic rings. The maximum Gasteiger partial charge on any atom is 0.130 e. The third kappa shape index (κ3) is 1.27. The first-order valence-electron chi connectivity index (χ1n) is 3.12. The van der Waals surface area contributed by atoms with Crippen LogP contribution in [-0.4, -0.2) is 11.2 Å². The molecule has 0 radical (unpaired) electrons. The second kappa shape index (κ2) is 2.71. The minimum Gasteiger partial charge on any atom is -0.286 e. The van der Waals surface area contributed by atoms with Crippen molar-refractivity contribution in [2.24, 2.45) is 4.99 Å². The summed E-state index contributed by atoms with van der Waals surface area (Å²) >= 11 is 7.99. The first-order valence-corrected chi connectivity index (χ1v) is 4.58. The Morgan fingerprint density at radius 2 is 2.36 bits per heavy atom. The molecule has 0 N–H and O–H groups in total. The van der Waals surface area contributed by atoms with E-state index in [0.717, 1.165) is 14.8 Å². The van der Waals surface area contributed by atoms with Crippen LogP contribution in [0.3, 0.4) is 0 Å². The molecule has 0 aromatic carbocycles. The van der Waals surface area contributed by atoms with Gasteiger partial charge in [-0.25, -0.2) is 4.98 Å². The molecule has 2 nitrogen and oxygen atoms in total. The molecule has 4 heteroatoms. The second-order valence-electron chi connectivity index (χ2n) is 2.26. The molecule has 0 fully saturated rings. The lowest BCUT2D eigenvalue weighted by atomic mass is 10.2. The summed E-state index contributed by atoms with van der Waals surface area (Å²) in [5, 5.41) is 0.554. The SMILES string of the molecule is Clc1cc(I)c2c(n1)CN=C2. The maximum atomic E-state index is 5.76. The zero-order valence-corrected chi connectivity index (χ0v) is 8.43. The van der Waals surface area contributed by atoms with Gasteiger partial charge in [-0.2, -0.15) is 0 Å². The number of hydrogen-bond donors (Lipinski definition) is 0. The van der Waals surface area contributed by atoms with Crippen LogP contribution in [-0.2, 0) is 6.54 Å². The Morgan fingerprint density at radius 3 is 3.18 bits per heavy atom. The summed E-state index contributed by atoms with van der Waals surface area (Å²) < 4.78 is 1.12. The number of nitrogens with zero attached hydrogens (tertiary/aromatic N) is 2. The highest BCUT2D eigenvalue weighted by Crippen LogP contribution is 2.21. The summed E-state index contributed by atoms with van der Waals surface area (Å²) in [6.07, 6.45) is 1.85. The lowest BCUT2D eigenvalue weighted by Crippen LogP contribution is -1.93. The fourth-order valence-corrected chi connectivity index (χ4v) is 2.16. The second-order valence-corrected chi connectivity index (χ2v) is 3.81. The zero-order chi connectivity index (χ0) is 7.84. The normalized spacial score (nSPS) is 13.6. The Balaban J connectivity index is 2.67. The van der Waals surface area contributed by atoms with E-state index in [-0.39, 0.29) is 0 Å². The van der Waals surface area contributed by atoms with Crippen molar-refractivity contribution in [3.8, 4) is 0 Å². The number of aromatic nitrogens is 1. The molecule has 1 aromatic rings. The van der Waals surface area contributed by atoms with Gasteiger partial charge in [-0.15, -0.1) is 0 Å². The first-order chi connectivity index (χ1) is 5.27. The number of aliphatic imine (C=N–C) groups is 1. The minimum absolute atomic E-state index is 0.554. The van der Waals surface area contributed by atoms with Gasteiger partial charge < -0.3 is 0 Å². The monoisotopic (exact) mass is 278 g/mol. The smallest absolute Gasteiger partial charge is 0.130 e. The van der Waals surface area contributed by atoms with E-state index in [0.29, 0.717) is 11.7 Å². The van der Waals surface area contributed by atoms with Crippen molar-refractivity contribution < 1.29 is 0 Å².